The number of nitrogens with one attached hydrogen (secondary N) is 1. The Morgan fingerprint density at radius 3 is 2.67 bits per heavy atom. The second-order valence-electron chi connectivity index (χ2n) is 6.08. The van der Waals surface area contributed by atoms with E-state index in [2.05, 4.69) is 19.2 Å². The van der Waals surface area contributed by atoms with E-state index < -0.39 is 0 Å². The summed E-state index contributed by atoms with van der Waals surface area (Å²) in [5.74, 6) is 1.36. The van der Waals surface area contributed by atoms with Crippen LogP contribution in [0.2, 0.25) is 0 Å². The van der Waals surface area contributed by atoms with E-state index in [1.54, 1.807) is 0 Å². The molecule has 0 bridgehead atoms. The maximum absolute atomic E-state index is 12.2. The van der Waals surface area contributed by atoms with Crippen LogP contribution in [0.15, 0.2) is 17.5 Å². The first-order valence-corrected chi connectivity index (χ1v) is 8.53. The van der Waals surface area contributed by atoms with Crippen molar-refractivity contribution < 1.29 is 9.59 Å². The Morgan fingerprint density at radius 1 is 1.33 bits per heavy atom. The van der Waals surface area contributed by atoms with Gasteiger partial charge in [-0.3, -0.25) is 9.59 Å². The van der Waals surface area contributed by atoms with Crippen LogP contribution >= 0.6 is 11.3 Å². The van der Waals surface area contributed by atoms with Gasteiger partial charge in [0.1, 0.15) is 0 Å². The number of amides is 2. The van der Waals surface area contributed by atoms with Gasteiger partial charge in [-0.15, -0.1) is 11.3 Å². The van der Waals surface area contributed by atoms with Crippen molar-refractivity contribution in [2.45, 2.75) is 33.1 Å². The highest BCUT2D eigenvalue weighted by Gasteiger charge is 2.24. The average molecular weight is 308 g/mol. The standard InChI is InChI=1S/C16H24N2O2S/c1-12-9-13(2)11-18(10-12)15(19)6-3-7-17-16(20)14-5-4-8-21-14/h4-5,8,12-13H,3,6-7,9-11H2,1-2H3,(H,17,20). The van der Waals surface area contributed by atoms with E-state index in [0.717, 1.165) is 18.0 Å². The Labute approximate surface area is 130 Å². The number of rotatable bonds is 5. The minimum atomic E-state index is -0.0438. The lowest BCUT2D eigenvalue weighted by molar-refractivity contribution is -0.133. The average Bonchev–Trinajstić information content (AvgIpc) is 2.96. The molecule has 0 aliphatic carbocycles. The van der Waals surface area contributed by atoms with Crippen molar-refractivity contribution in [3.63, 3.8) is 0 Å². The van der Waals surface area contributed by atoms with Crippen molar-refractivity contribution in [2.75, 3.05) is 19.6 Å². The Balaban J connectivity index is 1.66. The van der Waals surface area contributed by atoms with Gasteiger partial charge < -0.3 is 10.2 Å². The molecule has 0 spiro atoms. The largest absolute Gasteiger partial charge is 0.351 e. The van der Waals surface area contributed by atoms with Crippen LogP contribution in [0.1, 0.15) is 42.8 Å². The van der Waals surface area contributed by atoms with E-state index in [4.69, 9.17) is 0 Å². The molecule has 1 N–H and O–H groups in total. The van der Waals surface area contributed by atoms with Gasteiger partial charge in [-0.1, -0.05) is 19.9 Å². The molecule has 21 heavy (non-hydrogen) atoms. The highest BCUT2D eigenvalue weighted by Crippen LogP contribution is 2.21. The third kappa shape index (κ3) is 4.84. The lowest BCUT2D eigenvalue weighted by atomic mass is 9.91. The summed E-state index contributed by atoms with van der Waals surface area (Å²) in [4.78, 5) is 26.6. The molecule has 116 valence electrons. The molecular weight excluding hydrogens is 284 g/mol. The predicted molar refractivity (Wildman–Crippen MR) is 85.4 cm³/mol. The summed E-state index contributed by atoms with van der Waals surface area (Å²) >= 11 is 1.43. The number of thiophene rings is 1. The zero-order chi connectivity index (χ0) is 15.2. The van der Waals surface area contributed by atoms with Gasteiger partial charge in [-0.2, -0.15) is 0 Å². The molecule has 1 fully saturated rings. The fourth-order valence-electron chi connectivity index (χ4n) is 2.96. The minimum absolute atomic E-state index is 0.0438. The van der Waals surface area contributed by atoms with Crippen LogP contribution in [0.4, 0.5) is 0 Å². The monoisotopic (exact) mass is 308 g/mol. The van der Waals surface area contributed by atoms with Crippen LogP contribution in [0.25, 0.3) is 0 Å². The minimum Gasteiger partial charge on any atom is -0.351 e. The van der Waals surface area contributed by atoms with Gasteiger partial charge in [-0.05, 0) is 36.1 Å². The summed E-state index contributed by atoms with van der Waals surface area (Å²) in [7, 11) is 0. The molecule has 1 aromatic rings. The van der Waals surface area contributed by atoms with Crippen LogP contribution in [0.3, 0.4) is 0 Å². The first-order chi connectivity index (χ1) is 10.1. The second kappa shape index (κ2) is 7.59. The number of hydrogen-bond acceptors (Lipinski definition) is 3. The van der Waals surface area contributed by atoms with Crippen molar-refractivity contribution >= 4 is 23.2 Å². The van der Waals surface area contributed by atoms with Crippen molar-refractivity contribution in [3.05, 3.63) is 22.4 Å². The second-order valence-corrected chi connectivity index (χ2v) is 7.03. The molecule has 5 heteroatoms. The Kier molecular flexibility index (Phi) is 5.79. The fraction of sp³-hybridized carbons (Fsp3) is 0.625. The van der Waals surface area contributed by atoms with Crippen LogP contribution in [0.5, 0.6) is 0 Å². The topological polar surface area (TPSA) is 49.4 Å². The molecule has 2 rings (SSSR count). The third-order valence-corrected chi connectivity index (χ3v) is 4.69. The van der Waals surface area contributed by atoms with E-state index in [1.165, 1.54) is 17.8 Å². The summed E-state index contributed by atoms with van der Waals surface area (Å²) in [6.07, 6.45) is 2.43. The van der Waals surface area contributed by atoms with Gasteiger partial charge in [0.05, 0.1) is 4.88 Å². The smallest absolute Gasteiger partial charge is 0.261 e. The van der Waals surface area contributed by atoms with Crippen molar-refractivity contribution in [3.8, 4) is 0 Å². The number of carbonyl (C=O) groups is 2. The quantitative estimate of drug-likeness (QED) is 0.850. The summed E-state index contributed by atoms with van der Waals surface area (Å²) in [5, 5.41) is 4.75. The van der Waals surface area contributed by atoms with Gasteiger partial charge in [0.25, 0.3) is 5.91 Å². The summed E-state index contributed by atoms with van der Waals surface area (Å²) < 4.78 is 0. The predicted octanol–water partition coefficient (Wildman–Crippen LogP) is 2.76. The number of likely N-dealkylation sites (tertiary alicyclic amines) is 1. The molecule has 2 amide bonds. The molecule has 2 heterocycles. The van der Waals surface area contributed by atoms with E-state index in [0.29, 0.717) is 31.2 Å². The van der Waals surface area contributed by atoms with Gasteiger partial charge in [0.15, 0.2) is 0 Å². The van der Waals surface area contributed by atoms with Crippen molar-refractivity contribution in [1.29, 1.82) is 0 Å². The lowest BCUT2D eigenvalue weighted by Crippen LogP contribution is -2.42. The molecule has 0 aromatic carbocycles. The van der Waals surface area contributed by atoms with Gasteiger partial charge in [0, 0.05) is 26.1 Å². The van der Waals surface area contributed by atoms with Crippen LogP contribution in [-0.2, 0) is 4.79 Å². The van der Waals surface area contributed by atoms with Crippen LogP contribution in [-0.4, -0.2) is 36.3 Å². The highest BCUT2D eigenvalue weighted by atomic mass is 32.1. The van der Waals surface area contributed by atoms with E-state index in [9.17, 15) is 9.59 Å². The summed E-state index contributed by atoms with van der Waals surface area (Å²) in [5.41, 5.74) is 0. The lowest BCUT2D eigenvalue weighted by Gasteiger charge is -2.35. The molecule has 4 nitrogen and oxygen atoms in total. The Hall–Kier alpha value is -1.36. The fourth-order valence-corrected chi connectivity index (χ4v) is 3.60. The third-order valence-electron chi connectivity index (χ3n) is 3.82. The van der Waals surface area contributed by atoms with Crippen molar-refractivity contribution in [1.82, 2.24) is 10.2 Å². The normalized spacial score (nSPS) is 22.1. The molecule has 1 aliphatic rings. The van der Waals surface area contributed by atoms with Crippen molar-refractivity contribution in [2.24, 2.45) is 11.8 Å². The first-order valence-electron chi connectivity index (χ1n) is 7.65. The molecule has 1 aliphatic heterocycles. The highest BCUT2D eigenvalue weighted by molar-refractivity contribution is 7.12. The van der Waals surface area contributed by atoms with Crippen LogP contribution in [0, 0.1) is 11.8 Å². The number of nitrogens with zero attached hydrogens (tertiary/aromatic N) is 1. The molecule has 2 atom stereocenters. The Bertz CT molecular complexity index is 463. The molecule has 0 radical (unpaired) electrons. The molecular formula is C16H24N2O2S. The first kappa shape index (κ1) is 16.0. The van der Waals surface area contributed by atoms with E-state index in [-0.39, 0.29) is 11.8 Å². The number of hydrogen-bond donors (Lipinski definition) is 1. The van der Waals surface area contributed by atoms with E-state index >= 15 is 0 Å². The number of piperidine rings is 1. The van der Waals surface area contributed by atoms with E-state index in [1.807, 2.05) is 22.4 Å². The SMILES string of the molecule is CC1CC(C)CN(C(=O)CCCNC(=O)c2cccs2)C1. The molecule has 1 aromatic heterocycles. The summed E-state index contributed by atoms with van der Waals surface area (Å²) in [6.45, 7) is 6.73. The zero-order valence-corrected chi connectivity index (χ0v) is 13.6. The van der Waals surface area contributed by atoms with Crippen LogP contribution < -0.4 is 5.32 Å². The molecule has 1 saturated heterocycles. The Morgan fingerprint density at radius 2 is 2.05 bits per heavy atom. The maximum atomic E-state index is 12.2. The van der Waals surface area contributed by atoms with Gasteiger partial charge >= 0.3 is 0 Å². The van der Waals surface area contributed by atoms with Gasteiger partial charge in [0.2, 0.25) is 5.91 Å². The van der Waals surface area contributed by atoms with Gasteiger partial charge in [-0.25, -0.2) is 0 Å². The maximum Gasteiger partial charge on any atom is 0.261 e. The zero-order valence-electron chi connectivity index (χ0n) is 12.8. The summed E-state index contributed by atoms with van der Waals surface area (Å²) in [6, 6.07) is 3.67. The molecule has 0 saturated carbocycles. The molecule has 2 unspecified atom stereocenters. The number of carbonyl (C=O) groups excluding carboxylic acids is 2.